The van der Waals surface area contributed by atoms with Crippen LogP contribution in [0, 0.1) is 0 Å². The Kier molecular flexibility index (Phi) is 14.6. The van der Waals surface area contributed by atoms with Crippen LogP contribution in [0.3, 0.4) is 0 Å². The summed E-state index contributed by atoms with van der Waals surface area (Å²) in [6.45, 7) is 4.52. The molecule has 0 saturated heterocycles. The summed E-state index contributed by atoms with van der Waals surface area (Å²) in [4.78, 5) is 0. The van der Waals surface area contributed by atoms with Crippen LogP contribution >= 0.6 is 0 Å². The van der Waals surface area contributed by atoms with Gasteiger partial charge in [-0.25, -0.2) is 0 Å². The van der Waals surface area contributed by atoms with E-state index in [9.17, 15) is 0 Å². The molecule has 0 unspecified atom stereocenters. The van der Waals surface area contributed by atoms with Gasteiger partial charge in [-0.15, -0.1) is 0 Å². The van der Waals surface area contributed by atoms with E-state index in [1.807, 2.05) is 0 Å². The first-order valence-corrected chi connectivity index (χ1v) is 10.9. The van der Waals surface area contributed by atoms with Crippen molar-refractivity contribution in [2.45, 2.75) is 90.9 Å². The first-order chi connectivity index (χ1) is 12.9. The van der Waals surface area contributed by atoms with Gasteiger partial charge in [-0.2, -0.15) is 0 Å². The van der Waals surface area contributed by atoms with Crippen LogP contribution in [-0.4, -0.2) is 0 Å². The summed E-state index contributed by atoms with van der Waals surface area (Å²) in [5, 5.41) is 0. The molecule has 0 amide bonds. The highest BCUT2D eigenvalue weighted by Gasteiger charge is 1.92. The molecule has 144 valence electrons. The normalized spacial score (nSPS) is 10.2. The monoisotopic (exact) mass is 352 g/mol. The number of benzene rings is 2. The van der Waals surface area contributed by atoms with E-state index in [1.165, 1.54) is 88.2 Å². The molecule has 0 spiro atoms. The number of unbranched alkanes of at least 4 members (excludes halogenated alkanes) is 8. The van der Waals surface area contributed by atoms with Gasteiger partial charge in [0, 0.05) is 0 Å². The molecule has 0 radical (unpaired) electrons. The van der Waals surface area contributed by atoms with Crippen LogP contribution in [0.5, 0.6) is 0 Å². The molecule has 0 aromatic heterocycles. The number of rotatable bonds is 12. The van der Waals surface area contributed by atoms with Crippen molar-refractivity contribution in [2.24, 2.45) is 0 Å². The molecule has 0 heteroatoms. The second-order valence-electron chi connectivity index (χ2n) is 7.30. The number of hydrogen-bond donors (Lipinski definition) is 0. The SMILES string of the molecule is CCCCCCCc1ccccc1.CCCCCCCc1ccccc1. The Morgan fingerprint density at radius 3 is 1.12 bits per heavy atom. The zero-order chi connectivity index (χ0) is 18.7. The van der Waals surface area contributed by atoms with Gasteiger partial charge in [0.2, 0.25) is 0 Å². The lowest BCUT2D eigenvalue weighted by molar-refractivity contribution is 0.632. The molecule has 0 aliphatic heterocycles. The number of aryl methyl sites for hydroxylation is 2. The summed E-state index contributed by atoms with van der Waals surface area (Å²) >= 11 is 0. The lowest BCUT2D eigenvalue weighted by Gasteiger charge is -2.00. The molecule has 0 fully saturated rings. The van der Waals surface area contributed by atoms with Crippen molar-refractivity contribution in [3.63, 3.8) is 0 Å². The second kappa shape index (κ2) is 16.9. The molecule has 2 rings (SSSR count). The van der Waals surface area contributed by atoms with E-state index < -0.39 is 0 Å². The molecular weight excluding hydrogens is 312 g/mol. The molecule has 0 nitrogen and oxygen atoms in total. The smallest absolute Gasteiger partial charge is 0.0279 e. The van der Waals surface area contributed by atoms with Gasteiger partial charge in [0.05, 0.1) is 0 Å². The topological polar surface area (TPSA) is 0 Å². The first-order valence-electron chi connectivity index (χ1n) is 10.9. The van der Waals surface area contributed by atoms with Gasteiger partial charge in [0.25, 0.3) is 0 Å². The summed E-state index contributed by atoms with van der Waals surface area (Å²) in [5.41, 5.74) is 2.97. The van der Waals surface area contributed by atoms with Crippen molar-refractivity contribution in [1.29, 1.82) is 0 Å². The second-order valence-corrected chi connectivity index (χ2v) is 7.30. The largest absolute Gasteiger partial charge is 0.0654 e. The van der Waals surface area contributed by atoms with Crippen molar-refractivity contribution >= 4 is 0 Å². The van der Waals surface area contributed by atoms with E-state index in [1.54, 1.807) is 0 Å². The Labute approximate surface area is 163 Å². The van der Waals surface area contributed by atoms with E-state index >= 15 is 0 Å². The third kappa shape index (κ3) is 12.8. The van der Waals surface area contributed by atoms with Gasteiger partial charge in [-0.05, 0) is 36.8 Å². The fourth-order valence-electron chi connectivity index (χ4n) is 3.15. The quantitative estimate of drug-likeness (QED) is 0.336. The standard InChI is InChI=1S/2C13H20/c2*1-2-3-4-5-7-10-13-11-8-6-9-12-13/h2*6,8-9,11-12H,2-5,7,10H2,1H3. The van der Waals surface area contributed by atoms with Crippen LogP contribution in [0.1, 0.15) is 89.2 Å². The van der Waals surface area contributed by atoms with Crippen molar-refractivity contribution in [2.75, 3.05) is 0 Å². The summed E-state index contributed by atoms with van der Waals surface area (Å²) in [5.74, 6) is 0. The maximum absolute atomic E-state index is 2.26. The molecule has 0 bridgehead atoms. The molecule has 26 heavy (non-hydrogen) atoms. The van der Waals surface area contributed by atoms with Crippen molar-refractivity contribution in [3.8, 4) is 0 Å². The van der Waals surface area contributed by atoms with Gasteiger partial charge in [0.15, 0.2) is 0 Å². The fraction of sp³-hybridized carbons (Fsp3) is 0.538. The maximum Gasteiger partial charge on any atom is -0.0279 e. The van der Waals surface area contributed by atoms with Gasteiger partial charge < -0.3 is 0 Å². The fourth-order valence-corrected chi connectivity index (χ4v) is 3.15. The maximum atomic E-state index is 2.26. The molecule has 0 saturated carbocycles. The van der Waals surface area contributed by atoms with Gasteiger partial charge >= 0.3 is 0 Å². The molecule has 0 aliphatic rings. The van der Waals surface area contributed by atoms with Crippen LogP contribution in [-0.2, 0) is 12.8 Å². The first kappa shape index (κ1) is 22.5. The molecule has 0 heterocycles. The lowest BCUT2D eigenvalue weighted by atomic mass is 10.1. The third-order valence-corrected chi connectivity index (χ3v) is 4.82. The Balaban J connectivity index is 0.000000260. The highest BCUT2D eigenvalue weighted by atomic mass is 14.0. The summed E-state index contributed by atoms with van der Waals surface area (Å²) in [7, 11) is 0. The number of hydrogen-bond acceptors (Lipinski definition) is 0. The molecule has 0 aliphatic carbocycles. The lowest BCUT2D eigenvalue weighted by Crippen LogP contribution is -1.84. The Morgan fingerprint density at radius 2 is 0.769 bits per heavy atom. The average molecular weight is 353 g/mol. The van der Waals surface area contributed by atoms with Crippen LogP contribution in [0.4, 0.5) is 0 Å². The van der Waals surface area contributed by atoms with Gasteiger partial charge in [0.1, 0.15) is 0 Å². The van der Waals surface area contributed by atoms with Crippen molar-refractivity contribution in [3.05, 3.63) is 71.8 Å². The van der Waals surface area contributed by atoms with Gasteiger partial charge in [-0.3, -0.25) is 0 Å². The molecule has 2 aromatic carbocycles. The average Bonchev–Trinajstić information content (AvgIpc) is 2.70. The molecule has 0 N–H and O–H groups in total. The third-order valence-electron chi connectivity index (χ3n) is 4.82. The minimum absolute atomic E-state index is 1.25. The van der Waals surface area contributed by atoms with Crippen LogP contribution in [0.25, 0.3) is 0 Å². The Morgan fingerprint density at radius 1 is 0.423 bits per heavy atom. The highest BCUT2D eigenvalue weighted by molar-refractivity contribution is 5.15. The summed E-state index contributed by atoms with van der Waals surface area (Å²) in [6, 6.07) is 21.6. The Bertz CT molecular complexity index is 451. The van der Waals surface area contributed by atoms with E-state index in [-0.39, 0.29) is 0 Å². The molecular formula is C26H40. The van der Waals surface area contributed by atoms with E-state index in [4.69, 9.17) is 0 Å². The minimum atomic E-state index is 1.25. The van der Waals surface area contributed by atoms with Crippen molar-refractivity contribution in [1.82, 2.24) is 0 Å². The summed E-state index contributed by atoms with van der Waals surface area (Å²) < 4.78 is 0. The van der Waals surface area contributed by atoms with Crippen LogP contribution < -0.4 is 0 Å². The molecule has 2 aromatic rings. The molecule has 0 atom stereocenters. The van der Waals surface area contributed by atoms with E-state index in [0.29, 0.717) is 0 Å². The van der Waals surface area contributed by atoms with Crippen molar-refractivity contribution < 1.29 is 0 Å². The predicted molar refractivity (Wildman–Crippen MR) is 118 cm³/mol. The van der Waals surface area contributed by atoms with E-state index in [0.717, 1.165) is 0 Å². The minimum Gasteiger partial charge on any atom is -0.0654 e. The van der Waals surface area contributed by atoms with Crippen LogP contribution in [0.15, 0.2) is 60.7 Å². The zero-order valence-electron chi connectivity index (χ0n) is 17.3. The van der Waals surface area contributed by atoms with Crippen LogP contribution in [0.2, 0.25) is 0 Å². The predicted octanol–water partition coefficient (Wildman–Crippen LogP) is 8.40. The van der Waals surface area contributed by atoms with Gasteiger partial charge in [-0.1, -0.05) is 126 Å². The zero-order valence-corrected chi connectivity index (χ0v) is 17.3. The summed E-state index contributed by atoms with van der Waals surface area (Å²) in [6.07, 6.45) is 16.3. The highest BCUT2D eigenvalue weighted by Crippen LogP contribution is 2.09. The Hall–Kier alpha value is -1.56. The van der Waals surface area contributed by atoms with E-state index in [2.05, 4.69) is 74.5 Å².